The molecule has 1 nitrogen and oxygen atoms in total. The van der Waals surface area contributed by atoms with Crippen molar-refractivity contribution < 1.29 is 13.2 Å². The third-order valence-corrected chi connectivity index (χ3v) is 2.56. The average Bonchev–Trinajstić information content (AvgIpc) is 2.02. The van der Waals surface area contributed by atoms with Gasteiger partial charge < -0.3 is 0 Å². The maximum Gasteiger partial charge on any atom is 0.417 e. The van der Waals surface area contributed by atoms with Gasteiger partial charge in [-0.3, -0.25) is 0 Å². The van der Waals surface area contributed by atoms with Crippen LogP contribution in [0, 0.1) is 11.3 Å². The van der Waals surface area contributed by atoms with Gasteiger partial charge in [-0.05, 0) is 28.1 Å². The van der Waals surface area contributed by atoms with E-state index in [1.165, 1.54) is 0 Å². The third-order valence-electron chi connectivity index (χ3n) is 1.51. The van der Waals surface area contributed by atoms with Crippen LogP contribution in [-0.4, -0.2) is 0 Å². The molecule has 0 aliphatic carbocycles. The van der Waals surface area contributed by atoms with Crippen LogP contribution in [-0.2, 0) is 6.18 Å². The zero-order chi connectivity index (χ0) is 10.9. The van der Waals surface area contributed by atoms with E-state index in [2.05, 4.69) is 15.9 Å². The fraction of sp³-hybridized carbons (Fsp3) is 0.125. The average molecular weight is 284 g/mol. The Morgan fingerprint density at radius 1 is 1.36 bits per heavy atom. The molecule has 0 atom stereocenters. The van der Waals surface area contributed by atoms with Gasteiger partial charge in [-0.25, -0.2) is 0 Å². The first kappa shape index (κ1) is 11.3. The molecule has 1 aromatic carbocycles. The summed E-state index contributed by atoms with van der Waals surface area (Å²) in [7, 11) is 0. The first-order valence-electron chi connectivity index (χ1n) is 3.33. The minimum atomic E-state index is -4.54. The molecule has 0 amide bonds. The van der Waals surface area contributed by atoms with Gasteiger partial charge in [0.15, 0.2) is 0 Å². The molecule has 0 N–H and O–H groups in total. The van der Waals surface area contributed by atoms with Crippen LogP contribution in [0.25, 0.3) is 0 Å². The maximum absolute atomic E-state index is 12.3. The van der Waals surface area contributed by atoms with Crippen LogP contribution in [0.4, 0.5) is 13.2 Å². The lowest BCUT2D eigenvalue weighted by Crippen LogP contribution is -2.06. The summed E-state index contributed by atoms with van der Waals surface area (Å²) in [6.07, 6.45) is -4.54. The number of nitrogens with zero attached hydrogens (tertiary/aromatic N) is 1. The van der Waals surface area contributed by atoms with Crippen molar-refractivity contribution in [3.63, 3.8) is 0 Å². The van der Waals surface area contributed by atoms with Crippen LogP contribution < -0.4 is 0 Å². The van der Waals surface area contributed by atoms with E-state index in [4.69, 9.17) is 16.9 Å². The Bertz CT molecular complexity index is 408. The zero-order valence-electron chi connectivity index (χ0n) is 6.49. The Hall–Kier alpha value is -0.730. The number of nitriles is 1. The molecule has 0 aliphatic heterocycles. The maximum atomic E-state index is 12.3. The van der Waals surface area contributed by atoms with Crippen molar-refractivity contribution in [3.05, 3.63) is 32.8 Å². The Labute approximate surface area is 91.2 Å². The fourth-order valence-corrected chi connectivity index (χ4v) is 1.72. The fourth-order valence-electron chi connectivity index (χ4n) is 0.874. The predicted molar refractivity (Wildman–Crippen MR) is 48.9 cm³/mol. The molecule has 0 unspecified atom stereocenters. The molecule has 0 bridgehead atoms. The van der Waals surface area contributed by atoms with Crippen molar-refractivity contribution in [2.24, 2.45) is 0 Å². The lowest BCUT2D eigenvalue weighted by Gasteiger charge is -2.10. The van der Waals surface area contributed by atoms with Gasteiger partial charge in [0.25, 0.3) is 0 Å². The van der Waals surface area contributed by atoms with Gasteiger partial charge in [-0.2, -0.15) is 18.4 Å². The first-order valence-corrected chi connectivity index (χ1v) is 4.50. The van der Waals surface area contributed by atoms with E-state index in [9.17, 15) is 13.2 Å². The molecule has 0 aliphatic rings. The number of alkyl halides is 3. The molecule has 1 rings (SSSR count). The largest absolute Gasteiger partial charge is 0.417 e. The number of hydrogen-bond donors (Lipinski definition) is 0. The molecule has 14 heavy (non-hydrogen) atoms. The molecule has 1 aromatic rings. The van der Waals surface area contributed by atoms with Crippen LogP contribution in [0.3, 0.4) is 0 Å². The molecule has 0 aromatic heterocycles. The molecule has 0 heterocycles. The topological polar surface area (TPSA) is 23.8 Å². The standard InChI is InChI=1S/C8H2BrClF3N/c9-6-2-1-5(8(11,12)13)7(10)4(6)3-14/h1-2H. The van der Waals surface area contributed by atoms with Crippen molar-refractivity contribution in [3.8, 4) is 6.07 Å². The Morgan fingerprint density at radius 2 is 1.93 bits per heavy atom. The zero-order valence-corrected chi connectivity index (χ0v) is 8.83. The number of rotatable bonds is 0. The Balaban J connectivity index is 3.46. The van der Waals surface area contributed by atoms with Gasteiger partial charge in [0.1, 0.15) is 6.07 Å². The van der Waals surface area contributed by atoms with E-state index in [1.807, 2.05) is 0 Å². The summed E-state index contributed by atoms with van der Waals surface area (Å²) in [6, 6.07) is 3.57. The normalized spacial score (nSPS) is 11.1. The monoisotopic (exact) mass is 283 g/mol. The van der Waals surface area contributed by atoms with Crippen LogP contribution in [0.2, 0.25) is 5.02 Å². The van der Waals surface area contributed by atoms with E-state index >= 15 is 0 Å². The number of halogens is 5. The van der Waals surface area contributed by atoms with Crippen LogP contribution >= 0.6 is 27.5 Å². The van der Waals surface area contributed by atoms with Gasteiger partial charge in [-0.15, -0.1) is 0 Å². The Kier molecular flexibility index (Phi) is 3.07. The smallest absolute Gasteiger partial charge is 0.192 e. The predicted octanol–water partition coefficient (Wildman–Crippen LogP) is 3.99. The summed E-state index contributed by atoms with van der Waals surface area (Å²) < 4.78 is 37.1. The van der Waals surface area contributed by atoms with Crippen LogP contribution in [0.1, 0.15) is 11.1 Å². The van der Waals surface area contributed by atoms with Crippen molar-refractivity contribution >= 4 is 27.5 Å². The summed E-state index contributed by atoms with van der Waals surface area (Å²) in [5.74, 6) is 0. The molecule has 0 saturated carbocycles. The Morgan fingerprint density at radius 3 is 2.36 bits per heavy atom. The van der Waals surface area contributed by atoms with Crippen molar-refractivity contribution in [2.75, 3.05) is 0 Å². The minimum absolute atomic E-state index is 0.207. The third kappa shape index (κ3) is 2.02. The molecule has 74 valence electrons. The summed E-state index contributed by atoms with van der Waals surface area (Å²) in [6.45, 7) is 0. The first-order chi connectivity index (χ1) is 6.38. The van der Waals surface area contributed by atoms with E-state index in [1.54, 1.807) is 6.07 Å². The van der Waals surface area contributed by atoms with E-state index in [0.717, 1.165) is 12.1 Å². The van der Waals surface area contributed by atoms with Gasteiger partial charge in [-0.1, -0.05) is 11.6 Å². The van der Waals surface area contributed by atoms with Crippen molar-refractivity contribution in [2.45, 2.75) is 6.18 Å². The van der Waals surface area contributed by atoms with Crippen molar-refractivity contribution in [1.29, 1.82) is 5.26 Å². The number of benzene rings is 1. The quantitative estimate of drug-likeness (QED) is 0.706. The van der Waals surface area contributed by atoms with E-state index < -0.39 is 16.8 Å². The SMILES string of the molecule is N#Cc1c(Br)ccc(C(F)(F)F)c1Cl. The lowest BCUT2D eigenvalue weighted by atomic mass is 10.1. The van der Waals surface area contributed by atoms with Gasteiger partial charge >= 0.3 is 6.18 Å². The summed E-state index contributed by atoms with van der Waals surface area (Å²) in [4.78, 5) is 0. The summed E-state index contributed by atoms with van der Waals surface area (Å²) in [5, 5.41) is 7.98. The summed E-state index contributed by atoms with van der Waals surface area (Å²) in [5.41, 5.74) is -1.21. The molecule has 0 radical (unpaired) electrons. The van der Waals surface area contributed by atoms with E-state index in [-0.39, 0.29) is 10.0 Å². The highest BCUT2D eigenvalue weighted by atomic mass is 79.9. The second-order valence-electron chi connectivity index (χ2n) is 2.39. The molecular formula is C8H2BrClF3N. The lowest BCUT2D eigenvalue weighted by molar-refractivity contribution is -0.137. The van der Waals surface area contributed by atoms with Crippen molar-refractivity contribution in [1.82, 2.24) is 0 Å². The molecule has 0 spiro atoms. The molecule has 0 fully saturated rings. The minimum Gasteiger partial charge on any atom is -0.192 e. The van der Waals surface area contributed by atoms with Gasteiger partial charge in [0.2, 0.25) is 0 Å². The highest BCUT2D eigenvalue weighted by Gasteiger charge is 2.34. The van der Waals surface area contributed by atoms with Gasteiger partial charge in [0.05, 0.1) is 16.1 Å². The molecule has 0 saturated heterocycles. The number of hydrogen-bond acceptors (Lipinski definition) is 1. The second kappa shape index (κ2) is 3.79. The molecular weight excluding hydrogens is 282 g/mol. The second-order valence-corrected chi connectivity index (χ2v) is 3.63. The van der Waals surface area contributed by atoms with Gasteiger partial charge in [0, 0.05) is 4.47 Å². The molecule has 6 heteroatoms. The summed E-state index contributed by atoms with van der Waals surface area (Å²) >= 11 is 8.36. The highest BCUT2D eigenvalue weighted by molar-refractivity contribution is 9.10. The van der Waals surface area contributed by atoms with Crippen LogP contribution in [0.5, 0.6) is 0 Å². The van der Waals surface area contributed by atoms with E-state index in [0.29, 0.717) is 0 Å². The highest BCUT2D eigenvalue weighted by Crippen LogP contribution is 2.38. The van der Waals surface area contributed by atoms with Crippen LogP contribution in [0.15, 0.2) is 16.6 Å².